The second-order valence-electron chi connectivity index (χ2n) is 5.60. The zero-order valence-electron chi connectivity index (χ0n) is 11.4. The van der Waals surface area contributed by atoms with Crippen LogP contribution in [-0.4, -0.2) is 16.2 Å². The molecular formula is C15H22N4. The molecule has 1 heterocycles. The minimum absolute atomic E-state index is 0.557. The van der Waals surface area contributed by atoms with Crippen LogP contribution < -0.4 is 11.1 Å². The summed E-state index contributed by atoms with van der Waals surface area (Å²) in [6, 6.07) is 4.63. The maximum absolute atomic E-state index is 6.15. The van der Waals surface area contributed by atoms with Gasteiger partial charge >= 0.3 is 0 Å². The molecule has 0 radical (unpaired) electrons. The van der Waals surface area contributed by atoms with Crippen LogP contribution in [0.1, 0.15) is 39.0 Å². The first-order valence-corrected chi connectivity index (χ1v) is 7.27. The molecule has 4 heteroatoms. The minimum Gasteiger partial charge on any atom is -0.397 e. The molecule has 1 aromatic carbocycles. The number of benzene rings is 1. The lowest BCUT2D eigenvalue weighted by Crippen LogP contribution is -2.32. The number of nitrogen functional groups attached to an aromatic ring is 1. The number of nitrogens with zero attached hydrogens (tertiary/aromatic N) is 1. The van der Waals surface area contributed by atoms with E-state index >= 15 is 0 Å². The van der Waals surface area contributed by atoms with E-state index in [2.05, 4.69) is 28.5 Å². The molecule has 1 aliphatic carbocycles. The number of aromatic amines is 1. The number of aromatic nitrogens is 2. The molecule has 4 N–H and O–H groups in total. The van der Waals surface area contributed by atoms with Gasteiger partial charge in [0.15, 0.2) is 0 Å². The van der Waals surface area contributed by atoms with Gasteiger partial charge < -0.3 is 11.1 Å². The molecule has 2 unspecified atom stereocenters. The number of anilines is 2. The third-order valence-electron chi connectivity index (χ3n) is 4.38. The van der Waals surface area contributed by atoms with E-state index in [0.717, 1.165) is 28.2 Å². The maximum Gasteiger partial charge on any atom is 0.0672 e. The van der Waals surface area contributed by atoms with Crippen molar-refractivity contribution in [2.45, 2.75) is 45.1 Å². The summed E-state index contributed by atoms with van der Waals surface area (Å²) in [7, 11) is 0. The Kier molecular flexibility index (Phi) is 3.32. The maximum atomic E-state index is 6.15. The van der Waals surface area contributed by atoms with Crippen LogP contribution in [0.25, 0.3) is 10.9 Å². The summed E-state index contributed by atoms with van der Waals surface area (Å²) in [6.45, 7) is 2.28. The monoisotopic (exact) mass is 258 g/mol. The van der Waals surface area contributed by atoms with Crippen LogP contribution in [0.3, 0.4) is 0 Å². The summed E-state index contributed by atoms with van der Waals surface area (Å²) in [5.41, 5.74) is 9.05. The van der Waals surface area contributed by atoms with E-state index in [1.54, 1.807) is 0 Å². The van der Waals surface area contributed by atoms with Gasteiger partial charge in [-0.15, -0.1) is 0 Å². The van der Waals surface area contributed by atoms with Crippen molar-refractivity contribution in [1.29, 1.82) is 0 Å². The minimum atomic E-state index is 0.557. The van der Waals surface area contributed by atoms with Gasteiger partial charge in [-0.25, -0.2) is 0 Å². The van der Waals surface area contributed by atoms with Gasteiger partial charge in [0, 0.05) is 11.4 Å². The van der Waals surface area contributed by atoms with Crippen LogP contribution in [0.2, 0.25) is 0 Å². The van der Waals surface area contributed by atoms with Gasteiger partial charge in [-0.2, -0.15) is 5.10 Å². The number of hydrogen-bond acceptors (Lipinski definition) is 3. The van der Waals surface area contributed by atoms with Gasteiger partial charge in [-0.1, -0.05) is 26.2 Å². The summed E-state index contributed by atoms with van der Waals surface area (Å²) in [5, 5.41) is 11.8. The van der Waals surface area contributed by atoms with E-state index in [0.29, 0.717) is 6.04 Å². The number of fused-ring (bicyclic) bond motifs is 1. The van der Waals surface area contributed by atoms with Crippen molar-refractivity contribution in [1.82, 2.24) is 10.2 Å². The molecule has 0 spiro atoms. The molecule has 1 saturated carbocycles. The van der Waals surface area contributed by atoms with Gasteiger partial charge in [0.2, 0.25) is 0 Å². The van der Waals surface area contributed by atoms with E-state index in [1.807, 2.05) is 12.3 Å². The van der Waals surface area contributed by atoms with E-state index in [-0.39, 0.29) is 0 Å². The first-order chi connectivity index (χ1) is 9.28. The number of rotatable bonds is 3. The number of H-pyrrole nitrogens is 1. The molecule has 0 aliphatic heterocycles. The van der Waals surface area contributed by atoms with Crippen LogP contribution in [0.15, 0.2) is 18.3 Å². The highest BCUT2D eigenvalue weighted by Crippen LogP contribution is 2.32. The molecule has 2 atom stereocenters. The van der Waals surface area contributed by atoms with Gasteiger partial charge in [-0.3, -0.25) is 5.10 Å². The zero-order valence-corrected chi connectivity index (χ0v) is 11.4. The highest BCUT2D eigenvalue weighted by molar-refractivity contribution is 5.88. The molecule has 0 saturated heterocycles. The van der Waals surface area contributed by atoms with Crippen LogP contribution >= 0.6 is 0 Å². The van der Waals surface area contributed by atoms with Crippen molar-refractivity contribution < 1.29 is 0 Å². The fraction of sp³-hybridized carbons (Fsp3) is 0.533. The van der Waals surface area contributed by atoms with Crippen molar-refractivity contribution in [2.24, 2.45) is 5.92 Å². The van der Waals surface area contributed by atoms with Crippen molar-refractivity contribution in [3.63, 3.8) is 0 Å². The average Bonchev–Trinajstić information content (AvgIpc) is 2.87. The fourth-order valence-corrected chi connectivity index (χ4v) is 3.22. The summed E-state index contributed by atoms with van der Waals surface area (Å²) >= 11 is 0. The molecule has 4 nitrogen and oxygen atoms in total. The molecule has 2 aromatic rings. The topological polar surface area (TPSA) is 66.7 Å². The van der Waals surface area contributed by atoms with Crippen LogP contribution in [-0.2, 0) is 0 Å². The average molecular weight is 258 g/mol. The summed E-state index contributed by atoms with van der Waals surface area (Å²) in [4.78, 5) is 0. The SMILES string of the molecule is CCC1CCCCC1Nc1cc2[nH]ncc2cc1N. The Labute approximate surface area is 113 Å². The standard InChI is InChI=1S/C15H22N4/c1-2-10-5-3-4-6-13(10)18-15-8-14-11(7-12(15)16)9-17-19-14/h7-10,13,18H,2-6,16H2,1H3,(H,17,19). The molecular weight excluding hydrogens is 236 g/mol. The third-order valence-corrected chi connectivity index (χ3v) is 4.38. The lowest BCUT2D eigenvalue weighted by Gasteiger charge is -2.32. The summed E-state index contributed by atoms with van der Waals surface area (Å²) < 4.78 is 0. The Morgan fingerprint density at radius 2 is 2.21 bits per heavy atom. The Balaban J connectivity index is 1.85. The van der Waals surface area contributed by atoms with Crippen LogP contribution in [0.5, 0.6) is 0 Å². The Bertz CT molecular complexity index is 560. The predicted octanol–water partition coefficient (Wildman–Crippen LogP) is 3.53. The van der Waals surface area contributed by atoms with Crippen molar-refractivity contribution >= 4 is 22.3 Å². The molecule has 19 heavy (non-hydrogen) atoms. The second kappa shape index (κ2) is 5.11. The van der Waals surface area contributed by atoms with Crippen molar-refractivity contribution in [3.8, 4) is 0 Å². The number of hydrogen-bond donors (Lipinski definition) is 3. The highest BCUT2D eigenvalue weighted by atomic mass is 15.1. The number of nitrogens with two attached hydrogens (primary N) is 1. The first kappa shape index (κ1) is 12.3. The van der Waals surface area contributed by atoms with Gasteiger partial charge in [0.05, 0.1) is 23.1 Å². The van der Waals surface area contributed by atoms with E-state index in [9.17, 15) is 0 Å². The molecule has 102 valence electrons. The molecule has 0 bridgehead atoms. The molecule has 0 amide bonds. The van der Waals surface area contributed by atoms with Crippen molar-refractivity contribution in [3.05, 3.63) is 18.3 Å². The third kappa shape index (κ3) is 2.39. The zero-order chi connectivity index (χ0) is 13.2. The molecule has 1 aliphatic rings. The van der Waals surface area contributed by atoms with Gasteiger partial charge in [0.1, 0.15) is 0 Å². The Morgan fingerprint density at radius 3 is 3.05 bits per heavy atom. The normalized spacial score (nSPS) is 23.6. The number of nitrogens with one attached hydrogen (secondary N) is 2. The van der Waals surface area contributed by atoms with Crippen molar-refractivity contribution in [2.75, 3.05) is 11.1 Å². The van der Waals surface area contributed by atoms with Crippen LogP contribution in [0.4, 0.5) is 11.4 Å². The van der Waals surface area contributed by atoms with E-state index in [1.165, 1.54) is 32.1 Å². The summed E-state index contributed by atoms with van der Waals surface area (Å²) in [5.74, 6) is 0.769. The molecule has 1 aromatic heterocycles. The largest absolute Gasteiger partial charge is 0.397 e. The van der Waals surface area contributed by atoms with Gasteiger partial charge in [-0.05, 0) is 30.9 Å². The summed E-state index contributed by atoms with van der Waals surface area (Å²) in [6.07, 6.45) is 8.32. The molecule has 1 fully saturated rings. The van der Waals surface area contributed by atoms with E-state index < -0.39 is 0 Å². The lowest BCUT2D eigenvalue weighted by atomic mass is 9.83. The first-order valence-electron chi connectivity index (χ1n) is 7.27. The molecule has 3 rings (SSSR count). The van der Waals surface area contributed by atoms with Gasteiger partial charge in [0.25, 0.3) is 0 Å². The van der Waals surface area contributed by atoms with E-state index in [4.69, 9.17) is 5.73 Å². The Hall–Kier alpha value is -1.71. The second-order valence-corrected chi connectivity index (χ2v) is 5.60. The highest BCUT2D eigenvalue weighted by Gasteiger charge is 2.23. The quantitative estimate of drug-likeness (QED) is 0.738. The Morgan fingerprint density at radius 1 is 1.37 bits per heavy atom. The smallest absolute Gasteiger partial charge is 0.0672 e. The predicted molar refractivity (Wildman–Crippen MR) is 80.2 cm³/mol. The fourth-order valence-electron chi connectivity index (χ4n) is 3.22. The lowest BCUT2D eigenvalue weighted by molar-refractivity contribution is 0.317. The van der Waals surface area contributed by atoms with Crippen LogP contribution in [0, 0.1) is 5.92 Å².